The van der Waals surface area contributed by atoms with Crippen molar-refractivity contribution in [1.82, 2.24) is 20.0 Å². The number of hydrogen-bond acceptors (Lipinski definition) is 2. The summed E-state index contributed by atoms with van der Waals surface area (Å²) in [5.41, 5.74) is 1.30. The monoisotopic (exact) mass is 319 g/mol. The number of likely N-dealkylation sites (tertiary alicyclic amines) is 1. The van der Waals surface area contributed by atoms with Crippen LogP contribution < -0.4 is 5.32 Å². The average Bonchev–Trinajstić information content (AvgIpc) is 3.18. The van der Waals surface area contributed by atoms with E-state index in [0.29, 0.717) is 0 Å². The number of aliphatic imine (C=N–C) groups is 1. The van der Waals surface area contributed by atoms with Gasteiger partial charge >= 0.3 is 0 Å². The van der Waals surface area contributed by atoms with Gasteiger partial charge in [0.2, 0.25) is 0 Å². The molecule has 1 atom stereocenters. The fourth-order valence-corrected chi connectivity index (χ4v) is 3.75. The molecule has 2 rings (SSSR count). The number of nitrogens with one attached hydrogen (secondary N) is 1. The Bertz CT molecular complexity index is 489. The standard InChI is InChI=1S/C18H33N5/c1-5-16(6-2)17-9-11-23(14-17)18(19-3)20-10-7-8-15-12-21-22(4)13-15/h12-13,16-17H,5-11,14H2,1-4H3,(H,19,20). The first-order chi connectivity index (χ1) is 11.2. The van der Waals surface area contributed by atoms with Crippen molar-refractivity contribution < 1.29 is 0 Å². The van der Waals surface area contributed by atoms with Crippen LogP contribution in [0.4, 0.5) is 0 Å². The molecular weight excluding hydrogens is 286 g/mol. The minimum absolute atomic E-state index is 0.832. The molecule has 1 unspecified atom stereocenters. The second-order valence-corrected chi connectivity index (χ2v) is 6.67. The molecular formula is C18H33N5. The third kappa shape index (κ3) is 4.98. The predicted octanol–water partition coefficient (Wildman–Crippen LogP) is 2.69. The molecule has 0 spiro atoms. The summed E-state index contributed by atoms with van der Waals surface area (Å²) in [5, 5.41) is 7.75. The molecule has 0 bridgehead atoms. The zero-order valence-corrected chi connectivity index (χ0v) is 15.3. The maximum absolute atomic E-state index is 4.48. The predicted molar refractivity (Wildman–Crippen MR) is 96.6 cm³/mol. The highest BCUT2D eigenvalue weighted by molar-refractivity contribution is 5.80. The Hall–Kier alpha value is -1.52. The van der Waals surface area contributed by atoms with Gasteiger partial charge < -0.3 is 10.2 Å². The van der Waals surface area contributed by atoms with E-state index in [1.165, 1.54) is 24.8 Å². The highest BCUT2D eigenvalue weighted by Crippen LogP contribution is 2.28. The molecule has 1 fully saturated rings. The van der Waals surface area contributed by atoms with E-state index >= 15 is 0 Å². The quantitative estimate of drug-likeness (QED) is 0.477. The molecule has 130 valence electrons. The normalized spacial score (nSPS) is 18.9. The molecule has 1 aliphatic heterocycles. The minimum Gasteiger partial charge on any atom is -0.356 e. The Morgan fingerprint density at radius 2 is 2.22 bits per heavy atom. The second-order valence-electron chi connectivity index (χ2n) is 6.67. The van der Waals surface area contributed by atoms with Crippen molar-refractivity contribution in [3.63, 3.8) is 0 Å². The third-order valence-electron chi connectivity index (χ3n) is 5.14. The summed E-state index contributed by atoms with van der Waals surface area (Å²) in [6.45, 7) is 7.91. The van der Waals surface area contributed by atoms with E-state index in [1.807, 2.05) is 25.0 Å². The van der Waals surface area contributed by atoms with Gasteiger partial charge in [0.1, 0.15) is 0 Å². The minimum atomic E-state index is 0.832. The number of rotatable bonds is 7. The van der Waals surface area contributed by atoms with Gasteiger partial charge in [-0.25, -0.2) is 0 Å². The Labute approximate surface area is 141 Å². The van der Waals surface area contributed by atoms with E-state index in [9.17, 15) is 0 Å². The Morgan fingerprint density at radius 3 is 2.83 bits per heavy atom. The van der Waals surface area contributed by atoms with Crippen LogP contribution in [-0.4, -0.2) is 47.3 Å². The molecule has 5 heteroatoms. The molecule has 0 radical (unpaired) electrons. The van der Waals surface area contributed by atoms with Crippen LogP contribution in [0.2, 0.25) is 0 Å². The molecule has 0 aliphatic carbocycles. The maximum atomic E-state index is 4.48. The van der Waals surface area contributed by atoms with Crippen LogP contribution in [0.3, 0.4) is 0 Å². The van der Waals surface area contributed by atoms with Crippen LogP contribution in [-0.2, 0) is 13.5 Å². The molecule has 0 aromatic carbocycles. The number of aryl methyl sites for hydroxylation is 2. The number of guanidine groups is 1. The van der Waals surface area contributed by atoms with Gasteiger partial charge in [-0.3, -0.25) is 9.67 Å². The summed E-state index contributed by atoms with van der Waals surface area (Å²) in [4.78, 5) is 6.92. The van der Waals surface area contributed by atoms with Gasteiger partial charge in [0.05, 0.1) is 6.20 Å². The molecule has 1 aromatic heterocycles. The van der Waals surface area contributed by atoms with E-state index < -0.39 is 0 Å². The summed E-state index contributed by atoms with van der Waals surface area (Å²) in [6.07, 6.45) is 10.1. The van der Waals surface area contributed by atoms with E-state index in [1.54, 1.807) is 0 Å². The highest BCUT2D eigenvalue weighted by atomic mass is 15.3. The molecule has 2 heterocycles. The van der Waals surface area contributed by atoms with Gasteiger partial charge in [-0.05, 0) is 36.7 Å². The van der Waals surface area contributed by atoms with Crippen molar-refractivity contribution in [2.24, 2.45) is 23.9 Å². The maximum Gasteiger partial charge on any atom is 0.193 e. The highest BCUT2D eigenvalue weighted by Gasteiger charge is 2.29. The van der Waals surface area contributed by atoms with Gasteiger partial charge in [0, 0.05) is 39.9 Å². The lowest BCUT2D eigenvalue weighted by Crippen LogP contribution is -2.40. The van der Waals surface area contributed by atoms with Crippen molar-refractivity contribution in [3.8, 4) is 0 Å². The van der Waals surface area contributed by atoms with Crippen molar-refractivity contribution in [2.45, 2.75) is 46.0 Å². The third-order valence-corrected chi connectivity index (χ3v) is 5.14. The van der Waals surface area contributed by atoms with Crippen LogP contribution in [0.1, 0.15) is 45.1 Å². The smallest absolute Gasteiger partial charge is 0.193 e. The van der Waals surface area contributed by atoms with Crippen molar-refractivity contribution >= 4 is 5.96 Å². The summed E-state index contributed by atoms with van der Waals surface area (Å²) in [6, 6.07) is 0. The topological polar surface area (TPSA) is 45.4 Å². The zero-order valence-electron chi connectivity index (χ0n) is 15.3. The largest absolute Gasteiger partial charge is 0.356 e. The van der Waals surface area contributed by atoms with Crippen LogP contribution in [0.25, 0.3) is 0 Å². The summed E-state index contributed by atoms with van der Waals surface area (Å²) in [5.74, 6) is 2.77. The van der Waals surface area contributed by atoms with Gasteiger partial charge in [0.15, 0.2) is 5.96 Å². The first-order valence-corrected chi connectivity index (χ1v) is 9.11. The van der Waals surface area contributed by atoms with Gasteiger partial charge in [-0.2, -0.15) is 5.10 Å². The lowest BCUT2D eigenvalue weighted by atomic mass is 9.87. The van der Waals surface area contributed by atoms with E-state index in [-0.39, 0.29) is 0 Å². The molecule has 0 saturated carbocycles. The van der Waals surface area contributed by atoms with Crippen molar-refractivity contribution in [2.75, 3.05) is 26.7 Å². The Morgan fingerprint density at radius 1 is 1.43 bits per heavy atom. The second kappa shape index (κ2) is 8.94. The molecule has 23 heavy (non-hydrogen) atoms. The average molecular weight is 319 g/mol. The van der Waals surface area contributed by atoms with Crippen LogP contribution in [0.15, 0.2) is 17.4 Å². The zero-order chi connectivity index (χ0) is 16.7. The van der Waals surface area contributed by atoms with Gasteiger partial charge in [-0.1, -0.05) is 26.7 Å². The summed E-state index contributed by atoms with van der Waals surface area (Å²) >= 11 is 0. The van der Waals surface area contributed by atoms with E-state index in [4.69, 9.17) is 0 Å². The lowest BCUT2D eigenvalue weighted by Gasteiger charge is -2.24. The first-order valence-electron chi connectivity index (χ1n) is 9.11. The number of hydrogen-bond donors (Lipinski definition) is 1. The Kier molecular flexibility index (Phi) is 6.93. The van der Waals surface area contributed by atoms with Crippen LogP contribution in [0, 0.1) is 11.8 Å². The van der Waals surface area contributed by atoms with Crippen molar-refractivity contribution in [3.05, 3.63) is 18.0 Å². The molecule has 5 nitrogen and oxygen atoms in total. The van der Waals surface area contributed by atoms with E-state index in [2.05, 4.69) is 40.4 Å². The number of nitrogens with zero attached hydrogens (tertiary/aromatic N) is 4. The van der Waals surface area contributed by atoms with Gasteiger partial charge in [-0.15, -0.1) is 0 Å². The molecule has 0 amide bonds. The molecule has 1 N–H and O–H groups in total. The number of aromatic nitrogens is 2. The van der Waals surface area contributed by atoms with Crippen LogP contribution >= 0.6 is 0 Å². The SMILES string of the molecule is CCC(CC)C1CCN(C(=NC)NCCCc2cnn(C)c2)C1. The molecule has 1 aliphatic rings. The fourth-order valence-electron chi connectivity index (χ4n) is 3.75. The Balaban J connectivity index is 1.73. The fraction of sp³-hybridized carbons (Fsp3) is 0.778. The first kappa shape index (κ1) is 17.8. The van der Waals surface area contributed by atoms with Crippen molar-refractivity contribution in [1.29, 1.82) is 0 Å². The molecule has 1 aromatic rings. The van der Waals surface area contributed by atoms with E-state index in [0.717, 1.165) is 50.3 Å². The molecule has 1 saturated heterocycles. The lowest BCUT2D eigenvalue weighted by molar-refractivity contribution is 0.319. The van der Waals surface area contributed by atoms with Crippen LogP contribution in [0.5, 0.6) is 0 Å². The summed E-state index contributed by atoms with van der Waals surface area (Å²) < 4.78 is 1.87. The van der Waals surface area contributed by atoms with Gasteiger partial charge in [0.25, 0.3) is 0 Å². The summed E-state index contributed by atoms with van der Waals surface area (Å²) in [7, 11) is 3.86.